The monoisotopic (exact) mass is 317 g/mol. The van der Waals surface area contributed by atoms with Crippen LogP contribution in [0.2, 0.25) is 0 Å². The van der Waals surface area contributed by atoms with Crippen molar-refractivity contribution in [3.8, 4) is 0 Å². The van der Waals surface area contributed by atoms with Crippen LogP contribution in [-0.2, 0) is 16.6 Å². The molecular weight excluding hydrogens is 307 g/mol. The van der Waals surface area contributed by atoms with Crippen molar-refractivity contribution in [2.75, 3.05) is 4.72 Å². The molecule has 0 fully saturated rings. The van der Waals surface area contributed by atoms with Crippen LogP contribution in [0.3, 0.4) is 0 Å². The summed E-state index contributed by atoms with van der Waals surface area (Å²) in [6.07, 6.45) is 0. The molecule has 0 unspecified atom stereocenters. The van der Waals surface area contributed by atoms with Crippen molar-refractivity contribution in [3.05, 3.63) is 59.4 Å². The van der Waals surface area contributed by atoms with Crippen LogP contribution in [0.25, 0.3) is 0 Å². The van der Waals surface area contributed by atoms with Crippen molar-refractivity contribution >= 4 is 15.7 Å². The molecule has 0 aliphatic carbocycles. The quantitative estimate of drug-likeness (QED) is 0.910. The molecule has 0 saturated heterocycles. The third kappa shape index (κ3) is 3.34. The molecule has 0 atom stereocenters. The molecule has 0 heterocycles. The molecule has 0 bridgehead atoms. The largest absolute Gasteiger partial charge is 0.392 e. The van der Waals surface area contributed by atoms with Gasteiger partial charge in [-0.05, 0) is 29.8 Å². The Balaban J connectivity index is 2.45. The van der Waals surface area contributed by atoms with Gasteiger partial charge in [-0.3, -0.25) is 4.72 Å². The number of hydrogen-bond acceptors (Lipinski definition) is 3. The number of aliphatic hydroxyl groups is 1. The van der Waals surface area contributed by atoms with Crippen LogP contribution in [0.4, 0.5) is 18.9 Å². The number of aliphatic hydroxyl groups excluding tert-OH is 1. The van der Waals surface area contributed by atoms with Crippen LogP contribution in [0.5, 0.6) is 0 Å². The first kappa shape index (κ1) is 15.3. The summed E-state index contributed by atoms with van der Waals surface area (Å²) in [6, 6.07) is 5.08. The van der Waals surface area contributed by atoms with Gasteiger partial charge in [-0.15, -0.1) is 0 Å². The molecule has 2 aromatic rings. The van der Waals surface area contributed by atoms with Crippen LogP contribution in [-0.4, -0.2) is 13.5 Å². The maximum absolute atomic E-state index is 13.5. The van der Waals surface area contributed by atoms with Gasteiger partial charge < -0.3 is 5.11 Å². The molecule has 112 valence electrons. The number of halogens is 3. The molecule has 0 aliphatic rings. The molecule has 2 N–H and O–H groups in total. The number of sulfonamides is 1. The first-order valence-electron chi connectivity index (χ1n) is 5.70. The van der Waals surface area contributed by atoms with E-state index in [4.69, 9.17) is 5.11 Å². The number of benzene rings is 2. The first-order chi connectivity index (χ1) is 9.83. The molecule has 21 heavy (non-hydrogen) atoms. The predicted molar refractivity (Wildman–Crippen MR) is 69.5 cm³/mol. The summed E-state index contributed by atoms with van der Waals surface area (Å²) < 4.78 is 65.6. The molecule has 0 radical (unpaired) electrons. The van der Waals surface area contributed by atoms with Gasteiger partial charge in [-0.25, -0.2) is 21.6 Å². The SMILES string of the molecule is O=S(=O)(Nc1ccc(F)cc1F)c1cc(F)ccc1CO. The third-order valence-corrected chi connectivity index (χ3v) is 4.11. The van der Waals surface area contributed by atoms with Gasteiger partial charge in [0, 0.05) is 6.07 Å². The zero-order valence-corrected chi connectivity index (χ0v) is 11.3. The smallest absolute Gasteiger partial charge is 0.262 e. The third-order valence-electron chi connectivity index (χ3n) is 2.66. The summed E-state index contributed by atoms with van der Waals surface area (Å²) >= 11 is 0. The Morgan fingerprint density at radius 2 is 1.62 bits per heavy atom. The van der Waals surface area contributed by atoms with Gasteiger partial charge >= 0.3 is 0 Å². The lowest BCUT2D eigenvalue weighted by Crippen LogP contribution is -2.16. The fourth-order valence-electron chi connectivity index (χ4n) is 1.68. The standard InChI is InChI=1S/C13H10F3NO3S/c14-9-3-4-12(11(16)5-9)17-21(19,20)13-6-10(15)2-1-8(13)7-18/h1-6,17-18H,7H2. The van der Waals surface area contributed by atoms with Gasteiger partial charge in [-0.2, -0.15) is 0 Å². The summed E-state index contributed by atoms with van der Waals surface area (Å²) in [5.41, 5.74) is -0.532. The summed E-state index contributed by atoms with van der Waals surface area (Å²) in [5, 5.41) is 9.09. The summed E-state index contributed by atoms with van der Waals surface area (Å²) in [5.74, 6) is -2.80. The number of anilines is 1. The van der Waals surface area contributed by atoms with Gasteiger partial charge in [0.05, 0.1) is 17.2 Å². The molecule has 0 aliphatic heterocycles. The van der Waals surface area contributed by atoms with Crippen molar-refractivity contribution in [1.29, 1.82) is 0 Å². The Morgan fingerprint density at radius 1 is 1.00 bits per heavy atom. The minimum Gasteiger partial charge on any atom is -0.392 e. The highest BCUT2D eigenvalue weighted by molar-refractivity contribution is 7.92. The second-order valence-corrected chi connectivity index (χ2v) is 5.79. The van der Waals surface area contributed by atoms with Crippen molar-refractivity contribution in [2.24, 2.45) is 0 Å². The first-order valence-corrected chi connectivity index (χ1v) is 7.19. The second kappa shape index (κ2) is 5.74. The molecule has 0 amide bonds. The Labute approximate surface area is 118 Å². The van der Waals surface area contributed by atoms with Gasteiger partial charge in [0.2, 0.25) is 0 Å². The second-order valence-electron chi connectivity index (χ2n) is 4.14. The zero-order valence-electron chi connectivity index (χ0n) is 10.5. The fourth-order valence-corrected chi connectivity index (χ4v) is 2.99. The topological polar surface area (TPSA) is 66.4 Å². The van der Waals surface area contributed by atoms with Crippen LogP contribution >= 0.6 is 0 Å². The average molecular weight is 317 g/mol. The van der Waals surface area contributed by atoms with E-state index in [9.17, 15) is 21.6 Å². The minimum atomic E-state index is -4.33. The van der Waals surface area contributed by atoms with Crippen molar-refractivity contribution in [2.45, 2.75) is 11.5 Å². The lowest BCUT2D eigenvalue weighted by molar-refractivity contribution is 0.278. The highest BCUT2D eigenvalue weighted by Crippen LogP contribution is 2.23. The van der Waals surface area contributed by atoms with Crippen molar-refractivity contribution in [3.63, 3.8) is 0 Å². The molecule has 8 heteroatoms. The Kier molecular flexibility index (Phi) is 4.19. The molecule has 4 nitrogen and oxygen atoms in total. The van der Waals surface area contributed by atoms with Crippen molar-refractivity contribution in [1.82, 2.24) is 0 Å². The van der Waals surface area contributed by atoms with E-state index in [1.807, 2.05) is 4.72 Å². The Morgan fingerprint density at radius 3 is 2.24 bits per heavy atom. The molecule has 0 spiro atoms. The van der Waals surface area contributed by atoms with E-state index in [1.54, 1.807) is 0 Å². The maximum Gasteiger partial charge on any atom is 0.262 e. The highest BCUT2D eigenvalue weighted by Gasteiger charge is 2.21. The van der Waals surface area contributed by atoms with Gasteiger partial charge in [0.15, 0.2) is 0 Å². The van der Waals surface area contributed by atoms with E-state index < -0.39 is 44.7 Å². The Bertz CT molecular complexity index is 778. The zero-order chi connectivity index (χ0) is 15.6. The van der Waals surface area contributed by atoms with Crippen LogP contribution in [0, 0.1) is 17.5 Å². The maximum atomic E-state index is 13.5. The molecule has 0 saturated carbocycles. The summed E-state index contributed by atoms with van der Waals surface area (Å²) in [4.78, 5) is -0.520. The summed E-state index contributed by atoms with van der Waals surface area (Å²) in [6.45, 7) is -0.636. The van der Waals surface area contributed by atoms with Gasteiger partial charge in [-0.1, -0.05) is 6.07 Å². The molecule has 2 aromatic carbocycles. The van der Waals surface area contributed by atoms with E-state index in [0.717, 1.165) is 24.3 Å². The highest BCUT2D eigenvalue weighted by atomic mass is 32.2. The normalized spacial score (nSPS) is 11.4. The number of rotatable bonds is 4. The van der Waals surface area contributed by atoms with E-state index in [1.165, 1.54) is 0 Å². The number of hydrogen-bond donors (Lipinski definition) is 2. The fraction of sp³-hybridized carbons (Fsp3) is 0.0769. The molecular formula is C13H10F3NO3S. The van der Waals surface area contributed by atoms with E-state index >= 15 is 0 Å². The lowest BCUT2D eigenvalue weighted by Gasteiger charge is -2.12. The van der Waals surface area contributed by atoms with E-state index in [2.05, 4.69) is 0 Å². The van der Waals surface area contributed by atoms with Gasteiger partial charge in [0.1, 0.15) is 17.5 Å². The van der Waals surface area contributed by atoms with Crippen LogP contribution < -0.4 is 4.72 Å². The van der Waals surface area contributed by atoms with Crippen LogP contribution in [0.15, 0.2) is 41.3 Å². The van der Waals surface area contributed by atoms with Gasteiger partial charge in [0.25, 0.3) is 10.0 Å². The van der Waals surface area contributed by atoms with E-state index in [0.29, 0.717) is 12.1 Å². The van der Waals surface area contributed by atoms with E-state index in [-0.39, 0.29) is 5.56 Å². The predicted octanol–water partition coefficient (Wildman–Crippen LogP) is 2.40. The number of nitrogens with one attached hydrogen (secondary N) is 1. The van der Waals surface area contributed by atoms with Crippen molar-refractivity contribution < 1.29 is 26.7 Å². The molecule has 2 rings (SSSR count). The van der Waals surface area contributed by atoms with Crippen LogP contribution in [0.1, 0.15) is 5.56 Å². The molecule has 0 aromatic heterocycles. The average Bonchev–Trinajstić information content (AvgIpc) is 2.42. The minimum absolute atomic E-state index is 0.0496. The summed E-state index contributed by atoms with van der Waals surface area (Å²) in [7, 11) is -4.33. The lowest BCUT2D eigenvalue weighted by atomic mass is 10.2. The Hall–Kier alpha value is -2.06.